The third-order valence-corrected chi connectivity index (χ3v) is 6.17. The van der Waals surface area contributed by atoms with Gasteiger partial charge in [0, 0.05) is 5.69 Å². The van der Waals surface area contributed by atoms with E-state index in [-0.39, 0.29) is 23.6 Å². The second kappa shape index (κ2) is 8.06. The van der Waals surface area contributed by atoms with Crippen molar-refractivity contribution in [2.24, 2.45) is 0 Å². The zero-order chi connectivity index (χ0) is 20.3. The van der Waals surface area contributed by atoms with Crippen molar-refractivity contribution in [3.05, 3.63) is 53.1 Å². The maximum atomic E-state index is 13.0. The van der Waals surface area contributed by atoms with Crippen molar-refractivity contribution in [3.8, 4) is 12.3 Å². The molecule has 0 atom stereocenters. The van der Waals surface area contributed by atoms with E-state index in [1.165, 1.54) is 18.2 Å². The number of nitrogens with one attached hydrogen (secondary N) is 1. The Morgan fingerprint density at radius 1 is 1.32 bits per heavy atom. The minimum absolute atomic E-state index is 0.0369. The van der Waals surface area contributed by atoms with Crippen LogP contribution in [0.1, 0.15) is 16.7 Å². The van der Waals surface area contributed by atoms with Crippen molar-refractivity contribution in [2.75, 3.05) is 12.3 Å². The van der Waals surface area contributed by atoms with Crippen LogP contribution in [0.2, 0.25) is 0 Å². The van der Waals surface area contributed by atoms with Crippen LogP contribution in [0.5, 0.6) is 0 Å². The largest absolute Gasteiger partial charge is 0.491 e. The van der Waals surface area contributed by atoms with Crippen molar-refractivity contribution >= 4 is 34.0 Å². The van der Waals surface area contributed by atoms with Gasteiger partial charge in [-0.1, -0.05) is 24.1 Å². The van der Waals surface area contributed by atoms with Crippen molar-refractivity contribution in [2.45, 2.75) is 23.7 Å². The summed E-state index contributed by atoms with van der Waals surface area (Å²) in [7, 11) is -4.81. The lowest BCUT2D eigenvalue weighted by molar-refractivity contribution is -0.120. The molecule has 4 N–H and O–H groups in total. The second-order valence-electron chi connectivity index (χ2n) is 6.48. The Morgan fingerprint density at radius 2 is 2.11 bits per heavy atom. The SMILES string of the molecule is C#CCNC(=O)Cc1cc(N)ccc1S(=O)(=O)Cc1ccc2c(c1)B(O)OC2. The molecule has 144 valence electrons. The Kier molecular flexibility index (Phi) is 5.75. The van der Waals surface area contributed by atoms with Crippen LogP contribution in [0, 0.1) is 12.3 Å². The quantitative estimate of drug-likeness (QED) is 0.351. The van der Waals surface area contributed by atoms with Gasteiger partial charge in [0.2, 0.25) is 5.91 Å². The number of rotatable bonds is 6. The number of nitrogens with two attached hydrogens (primary N) is 1. The standard InChI is InChI=1S/C19H19BN2O5S/c1-2-7-22-19(23)10-15-9-16(21)5-6-18(15)28(25,26)12-13-3-4-14-11-27-20(24)17(14)8-13/h1,3-6,8-9,24H,7,10-12,21H2,(H,22,23). The Morgan fingerprint density at radius 3 is 2.86 bits per heavy atom. The first kappa shape index (κ1) is 20.0. The Hall–Kier alpha value is -2.80. The van der Waals surface area contributed by atoms with Gasteiger partial charge in [-0.3, -0.25) is 4.79 Å². The Labute approximate surface area is 164 Å². The van der Waals surface area contributed by atoms with Crippen molar-refractivity contribution < 1.29 is 22.9 Å². The number of anilines is 1. The summed E-state index contributed by atoms with van der Waals surface area (Å²) in [5, 5.41) is 12.3. The first-order valence-corrected chi connectivity index (χ1v) is 10.2. The molecule has 1 heterocycles. The van der Waals surface area contributed by atoms with E-state index in [9.17, 15) is 18.2 Å². The molecular weight excluding hydrogens is 379 g/mol. The van der Waals surface area contributed by atoms with Gasteiger partial charge in [-0.15, -0.1) is 6.42 Å². The molecule has 0 aliphatic carbocycles. The molecule has 9 heteroatoms. The molecular formula is C19H19BN2O5S. The third kappa shape index (κ3) is 4.36. The topological polar surface area (TPSA) is 119 Å². The van der Waals surface area contributed by atoms with Crippen LogP contribution in [0.15, 0.2) is 41.3 Å². The van der Waals surface area contributed by atoms with Gasteiger partial charge in [0.25, 0.3) is 0 Å². The average molecular weight is 398 g/mol. The smallest absolute Gasteiger partial charge is 0.423 e. The normalized spacial score (nSPS) is 13.1. The number of carbonyl (C=O) groups excluding carboxylic acids is 1. The zero-order valence-corrected chi connectivity index (χ0v) is 15.8. The molecule has 2 aromatic carbocycles. The van der Waals surface area contributed by atoms with E-state index >= 15 is 0 Å². The maximum absolute atomic E-state index is 13.0. The molecule has 0 aromatic heterocycles. The molecule has 28 heavy (non-hydrogen) atoms. The molecule has 0 spiro atoms. The summed E-state index contributed by atoms with van der Waals surface area (Å²) in [6, 6.07) is 9.42. The molecule has 0 fully saturated rings. The molecule has 0 saturated heterocycles. The number of amides is 1. The lowest BCUT2D eigenvalue weighted by Crippen LogP contribution is -2.28. The van der Waals surface area contributed by atoms with Gasteiger partial charge in [0.05, 0.1) is 30.2 Å². The van der Waals surface area contributed by atoms with Crippen LogP contribution in [0.3, 0.4) is 0 Å². The zero-order valence-electron chi connectivity index (χ0n) is 15.0. The van der Waals surface area contributed by atoms with Crippen LogP contribution in [-0.4, -0.2) is 33.0 Å². The van der Waals surface area contributed by atoms with E-state index in [2.05, 4.69) is 11.2 Å². The van der Waals surface area contributed by atoms with Gasteiger partial charge in [-0.2, -0.15) is 0 Å². The Bertz CT molecular complexity index is 1060. The highest BCUT2D eigenvalue weighted by molar-refractivity contribution is 7.90. The predicted molar refractivity (Wildman–Crippen MR) is 106 cm³/mol. The van der Waals surface area contributed by atoms with Gasteiger partial charge in [-0.25, -0.2) is 8.42 Å². The highest BCUT2D eigenvalue weighted by atomic mass is 32.2. The van der Waals surface area contributed by atoms with E-state index < -0.39 is 22.9 Å². The minimum Gasteiger partial charge on any atom is -0.423 e. The van der Waals surface area contributed by atoms with Crippen LogP contribution in [0.25, 0.3) is 0 Å². The van der Waals surface area contributed by atoms with E-state index in [0.717, 1.165) is 5.56 Å². The lowest BCUT2D eigenvalue weighted by Gasteiger charge is -2.12. The molecule has 0 unspecified atom stereocenters. The van der Waals surface area contributed by atoms with Crippen molar-refractivity contribution in [1.82, 2.24) is 5.32 Å². The number of carbonyl (C=O) groups is 1. The summed E-state index contributed by atoms with van der Waals surface area (Å²) >= 11 is 0. The average Bonchev–Trinajstić information content (AvgIpc) is 3.00. The van der Waals surface area contributed by atoms with Gasteiger partial charge in [0.1, 0.15) is 0 Å². The first-order chi connectivity index (χ1) is 13.3. The van der Waals surface area contributed by atoms with Crippen LogP contribution in [0.4, 0.5) is 5.69 Å². The maximum Gasteiger partial charge on any atom is 0.491 e. The monoisotopic (exact) mass is 398 g/mol. The first-order valence-electron chi connectivity index (χ1n) is 8.53. The van der Waals surface area contributed by atoms with E-state index in [0.29, 0.717) is 28.9 Å². The predicted octanol–water partition coefficient (Wildman–Crippen LogP) is -0.248. The van der Waals surface area contributed by atoms with E-state index in [1.54, 1.807) is 18.2 Å². The summed E-state index contributed by atoms with van der Waals surface area (Å²) in [6.07, 6.45) is 4.97. The van der Waals surface area contributed by atoms with E-state index in [4.69, 9.17) is 16.8 Å². The molecule has 1 amide bonds. The highest BCUT2D eigenvalue weighted by Gasteiger charge is 2.28. The summed E-state index contributed by atoms with van der Waals surface area (Å²) in [4.78, 5) is 12.0. The Balaban J connectivity index is 1.89. The second-order valence-corrected chi connectivity index (χ2v) is 8.44. The molecule has 0 radical (unpaired) electrons. The van der Waals surface area contributed by atoms with Gasteiger partial charge < -0.3 is 20.7 Å². The molecule has 1 aliphatic heterocycles. The van der Waals surface area contributed by atoms with Gasteiger partial charge in [-0.05, 0) is 40.4 Å². The molecule has 7 nitrogen and oxygen atoms in total. The summed E-state index contributed by atoms with van der Waals surface area (Å²) in [5.41, 5.74) is 8.35. The van der Waals surface area contributed by atoms with Crippen molar-refractivity contribution in [3.63, 3.8) is 0 Å². The minimum atomic E-state index is -3.76. The van der Waals surface area contributed by atoms with Crippen LogP contribution in [-0.2, 0) is 38.1 Å². The highest BCUT2D eigenvalue weighted by Crippen LogP contribution is 2.24. The summed E-state index contributed by atoms with van der Waals surface area (Å²) in [6.45, 7) is 0.348. The lowest BCUT2D eigenvalue weighted by atomic mass is 9.79. The number of nitrogen functional groups attached to an aromatic ring is 1. The summed E-state index contributed by atoms with van der Waals surface area (Å²) < 4.78 is 31.2. The number of hydrogen-bond acceptors (Lipinski definition) is 6. The molecule has 2 aromatic rings. The van der Waals surface area contributed by atoms with Crippen LogP contribution >= 0.6 is 0 Å². The number of hydrogen-bond donors (Lipinski definition) is 3. The van der Waals surface area contributed by atoms with Gasteiger partial charge in [0.15, 0.2) is 9.84 Å². The fourth-order valence-corrected chi connectivity index (χ4v) is 4.66. The number of sulfone groups is 1. The molecule has 0 bridgehead atoms. The molecule has 3 rings (SSSR count). The third-order valence-electron chi connectivity index (χ3n) is 4.39. The fourth-order valence-electron chi connectivity index (χ4n) is 3.08. The number of benzene rings is 2. The number of terminal acetylenes is 1. The van der Waals surface area contributed by atoms with Gasteiger partial charge >= 0.3 is 7.12 Å². The van der Waals surface area contributed by atoms with E-state index in [1.807, 2.05) is 0 Å². The van der Waals surface area contributed by atoms with Crippen LogP contribution < -0.4 is 16.5 Å². The number of fused-ring (bicyclic) bond motifs is 1. The fraction of sp³-hybridized carbons (Fsp3) is 0.211. The summed E-state index contributed by atoms with van der Waals surface area (Å²) in [5.74, 6) is 1.62. The van der Waals surface area contributed by atoms with Crippen molar-refractivity contribution in [1.29, 1.82) is 0 Å². The molecule has 1 aliphatic rings. The molecule has 0 saturated carbocycles.